The second kappa shape index (κ2) is 7.31. The Morgan fingerprint density at radius 2 is 2.00 bits per heavy atom. The topological polar surface area (TPSA) is 35.6 Å². The van der Waals surface area contributed by atoms with Gasteiger partial charge in [0.1, 0.15) is 0 Å². The first kappa shape index (κ1) is 14.9. The van der Waals surface area contributed by atoms with Gasteiger partial charge < -0.3 is 10.2 Å². The molecule has 5 heteroatoms. The number of hydrogen-bond acceptors (Lipinski definition) is 2. The first-order chi connectivity index (χ1) is 9.70. The molecule has 0 bridgehead atoms. The number of piperazine rings is 1. The van der Waals surface area contributed by atoms with E-state index >= 15 is 0 Å². The van der Waals surface area contributed by atoms with Gasteiger partial charge in [-0.25, -0.2) is 4.79 Å². The van der Waals surface area contributed by atoms with Gasteiger partial charge in [-0.05, 0) is 11.6 Å². The minimum atomic E-state index is -0.0248. The van der Waals surface area contributed by atoms with Crippen molar-refractivity contribution in [1.82, 2.24) is 15.1 Å². The number of carbonyl (C=O) groups excluding carboxylic acids is 1. The summed E-state index contributed by atoms with van der Waals surface area (Å²) in [6.07, 6.45) is 1.90. The largest absolute Gasteiger partial charge is 0.334 e. The maximum atomic E-state index is 12.1. The van der Waals surface area contributed by atoms with Crippen LogP contribution in [0.15, 0.2) is 36.9 Å². The van der Waals surface area contributed by atoms with E-state index in [-0.39, 0.29) is 6.03 Å². The zero-order valence-corrected chi connectivity index (χ0v) is 12.3. The summed E-state index contributed by atoms with van der Waals surface area (Å²) in [7, 11) is 0. The predicted octanol–water partition coefficient (Wildman–Crippen LogP) is 2.35. The van der Waals surface area contributed by atoms with Crippen LogP contribution in [-0.4, -0.2) is 48.6 Å². The monoisotopic (exact) mass is 293 g/mol. The highest BCUT2D eigenvalue weighted by Crippen LogP contribution is 2.14. The first-order valence-electron chi connectivity index (χ1n) is 6.80. The van der Waals surface area contributed by atoms with Gasteiger partial charge in [0.2, 0.25) is 0 Å². The van der Waals surface area contributed by atoms with Crippen LogP contribution >= 0.6 is 11.6 Å². The maximum absolute atomic E-state index is 12.1. The van der Waals surface area contributed by atoms with Gasteiger partial charge in [-0.2, -0.15) is 0 Å². The van der Waals surface area contributed by atoms with Crippen LogP contribution < -0.4 is 5.32 Å². The fraction of sp³-hybridized carbons (Fsp3) is 0.400. The molecule has 2 rings (SSSR count). The van der Waals surface area contributed by atoms with Crippen molar-refractivity contribution < 1.29 is 4.79 Å². The van der Waals surface area contributed by atoms with Crippen LogP contribution in [0.2, 0.25) is 5.02 Å². The Labute approximate surface area is 125 Å². The molecule has 0 saturated carbocycles. The minimum Gasteiger partial charge on any atom is -0.334 e. The van der Waals surface area contributed by atoms with E-state index in [0.717, 1.165) is 38.3 Å². The van der Waals surface area contributed by atoms with Crippen LogP contribution in [0.4, 0.5) is 4.79 Å². The number of benzene rings is 1. The van der Waals surface area contributed by atoms with Crippen LogP contribution in [-0.2, 0) is 6.54 Å². The zero-order valence-electron chi connectivity index (χ0n) is 11.5. The summed E-state index contributed by atoms with van der Waals surface area (Å²) in [6, 6.07) is 7.53. The van der Waals surface area contributed by atoms with Gasteiger partial charge in [0.15, 0.2) is 0 Å². The van der Waals surface area contributed by atoms with Crippen molar-refractivity contribution in [2.75, 3.05) is 32.7 Å². The van der Waals surface area contributed by atoms with E-state index in [1.165, 1.54) is 0 Å². The fourth-order valence-electron chi connectivity index (χ4n) is 2.24. The van der Waals surface area contributed by atoms with Crippen LogP contribution in [0.3, 0.4) is 0 Å². The summed E-state index contributed by atoms with van der Waals surface area (Å²) in [5, 5.41) is 3.60. The van der Waals surface area contributed by atoms with Crippen molar-refractivity contribution in [2.45, 2.75) is 6.54 Å². The number of nitrogens with one attached hydrogen (secondary N) is 1. The van der Waals surface area contributed by atoms with Gasteiger partial charge in [0.25, 0.3) is 0 Å². The Balaban J connectivity index is 1.79. The molecule has 1 aliphatic rings. The molecule has 4 nitrogen and oxygen atoms in total. The van der Waals surface area contributed by atoms with Gasteiger partial charge >= 0.3 is 6.03 Å². The predicted molar refractivity (Wildman–Crippen MR) is 81.9 cm³/mol. The number of urea groups is 1. The number of halogens is 1. The first-order valence-corrected chi connectivity index (χ1v) is 7.18. The molecule has 1 aromatic carbocycles. The van der Waals surface area contributed by atoms with Crippen molar-refractivity contribution in [1.29, 1.82) is 0 Å². The number of rotatable bonds is 4. The summed E-state index contributed by atoms with van der Waals surface area (Å²) in [5.41, 5.74) is 0.938. The lowest BCUT2D eigenvalue weighted by Gasteiger charge is -2.34. The highest BCUT2D eigenvalue weighted by Gasteiger charge is 2.19. The molecule has 1 aromatic rings. The third-order valence-electron chi connectivity index (χ3n) is 3.43. The molecule has 1 aliphatic heterocycles. The molecule has 2 amide bonds. The fourth-order valence-corrected chi connectivity index (χ4v) is 2.44. The zero-order chi connectivity index (χ0) is 14.4. The van der Waals surface area contributed by atoms with Crippen LogP contribution in [0.25, 0.3) is 0 Å². The van der Waals surface area contributed by atoms with Gasteiger partial charge in [0, 0.05) is 44.3 Å². The van der Waals surface area contributed by atoms with Gasteiger partial charge in [0.05, 0.1) is 0 Å². The summed E-state index contributed by atoms with van der Waals surface area (Å²) in [6.45, 7) is 8.37. The molecule has 1 saturated heterocycles. The van der Waals surface area contributed by atoms with Crippen molar-refractivity contribution in [2.24, 2.45) is 0 Å². The van der Waals surface area contributed by atoms with Crippen molar-refractivity contribution >= 4 is 17.6 Å². The second-order valence-electron chi connectivity index (χ2n) is 4.83. The molecule has 0 radical (unpaired) electrons. The normalized spacial score (nSPS) is 15.9. The highest BCUT2D eigenvalue weighted by atomic mass is 35.5. The quantitative estimate of drug-likeness (QED) is 0.865. The Hall–Kier alpha value is -1.52. The lowest BCUT2D eigenvalue weighted by Crippen LogP contribution is -2.51. The number of amides is 2. The minimum absolute atomic E-state index is 0.0248. The SMILES string of the molecule is C=CCN1CCN(C(=O)NCc2ccccc2Cl)CC1. The Kier molecular flexibility index (Phi) is 5.44. The Morgan fingerprint density at radius 1 is 1.30 bits per heavy atom. The van der Waals surface area contributed by atoms with Crippen LogP contribution in [0.1, 0.15) is 5.56 Å². The average Bonchev–Trinajstić information content (AvgIpc) is 2.47. The third kappa shape index (κ3) is 3.99. The summed E-state index contributed by atoms with van der Waals surface area (Å²) < 4.78 is 0. The molecule has 20 heavy (non-hydrogen) atoms. The van der Waals surface area contributed by atoms with E-state index in [9.17, 15) is 4.79 Å². The van der Waals surface area contributed by atoms with Crippen LogP contribution in [0, 0.1) is 0 Å². The molecule has 0 aromatic heterocycles. The molecule has 0 atom stereocenters. The lowest BCUT2D eigenvalue weighted by molar-refractivity contribution is 0.146. The summed E-state index contributed by atoms with van der Waals surface area (Å²) >= 11 is 6.07. The molecule has 108 valence electrons. The van der Waals surface area contributed by atoms with Crippen LogP contribution in [0.5, 0.6) is 0 Å². The molecule has 0 unspecified atom stereocenters. The van der Waals surface area contributed by atoms with E-state index < -0.39 is 0 Å². The highest BCUT2D eigenvalue weighted by molar-refractivity contribution is 6.31. The number of carbonyl (C=O) groups is 1. The van der Waals surface area contributed by atoms with Gasteiger partial charge in [-0.1, -0.05) is 35.9 Å². The number of nitrogens with zero attached hydrogens (tertiary/aromatic N) is 2. The molecule has 1 N–H and O–H groups in total. The summed E-state index contributed by atoms with van der Waals surface area (Å²) in [5.74, 6) is 0. The second-order valence-corrected chi connectivity index (χ2v) is 5.23. The molecular weight excluding hydrogens is 274 g/mol. The van der Waals surface area contributed by atoms with E-state index in [2.05, 4.69) is 16.8 Å². The van der Waals surface area contributed by atoms with Gasteiger partial charge in [-0.15, -0.1) is 6.58 Å². The van der Waals surface area contributed by atoms with E-state index in [1.807, 2.05) is 35.2 Å². The average molecular weight is 294 g/mol. The van der Waals surface area contributed by atoms with Crippen molar-refractivity contribution in [3.05, 3.63) is 47.5 Å². The lowest BCUT2D eigenvalue weighted by atomic mass is 10.2. The smallest absolute Gasteiger partial charge is 0.317 e. The van der Waals surface area contributed by atoms with E-state index in [0.29, 0.717) is 11.6 Å². The molecule has 1 fully saturated rings. The molecular formula is C15H20ClN3O. The molecule has 1 heterocycles. The standard InChI is InChI=1S/C15H20ClN3O/c1-2-7-18-8-10-19(11-9-18)15(20)17-12-13-5-3-4-6-14(13)16/h2-6H,1,7-12H2,(H,17,20). The van der Waals surface area contributed by atoms with Crippen molar-refractivity contribution in [3.63, 3.8) is 0 Å². The van der Waals surface area contributed by atoms with Gasteiger partial charge in [-0.3, -0.25) is 4.90 Å². The Bertz CT molecular complexity index is 470. The third-order valence-corrected chi connectivity index (χ3v) is 3.80. The van der Waals surface area contributed by atoms with E-state index in [1.54, 1.807) is 0 Å². The Morgan fingerprint density at radius 3 is 2.65 bits per heavy atom. The molecule has 0 aliphatic carbocycles. The molecule has 0 spiro atoms. The number of hydrogen-bond donors (Lipinski definition) is 1. The van der Waals surface area contributed by atoms with E-state index in [4.69, 9.17) is 11.6 Å². The van der Waals surface area contributed by atoms with Crippen molar-refractivity contribution in [3.8, 4) is 0 Å². The summed E-state index contributed by atoms with van der Waals surface area (Å²) in [4.78, 5) is 16.2. The maximum Gasteiger partial charge on any atom is 0.317 e.